The lowest BCUT2D eigenvalue weighted by Gasteiger charge is -2.24. The first-order valence-corrected chi connectivity index (χ1v) is 13.1. The van der Waals surface area contributed by atoms with E-state index in [1.807, 2.05) is 26.0 Å². The molecule has 1 aromatic heterocycles. The van der Waals surface area contributed by atoms with E-state index in [2.05, 4.69) is 0 Å². The quantitative estimate of drug-likeness (QED) is 0.169. The van der Waals surface area contributed by atoms with E-state index in [0.29, 0.717) is 38.5 Å². The molecule has 5 rings (SSSR count). The monoisotopic (exact) mass is 564 g/mol. The number of anilines is 1. The molecule has 2 heterocycles. The number of carbonyl (C=O) groups is 2. The number of halogens is 1. The molecule has 39 heavy (non-hydrogen) atoms. The van der Waals surface area contributed by atoms with E-state index in [4.69, 9.17) is 30.8 Å². The minimum absolute atomic E-state index is 0.0937. The second-order valence-electron chi connectivity index (χ2n) is 9.06. The molecule has 0 saturated carbocycles. The lowest BCUT2D eigenvalue weighted by Crippen LogP contribution is -2.29. The molecule has 3 aromatic carbocycles. The van der Waals surface area contributed by atoms with Gasteiger partial charge in [-0.05, 0) is 73.0 Å². The Bertz CT molecular complexity index is 1640. The smallest absolute Gasteiger partial charge is 0.301 e. The molecule has 1 saturated heterocycles. The van der Waals surface area contributed by atoms with Gasteiger partial charge in [0.2, 0.25) is 5.75 Å². The van der Waals surface area contributed by atoms with E-state index in [1.54, 1.807) is 36.4 Å². The van der Waals surface area contributed by atoms with Gasteiger partial charge in [0, 0.05) is 10.6 Å². The molecule has 200 valence electrons. The van der Waals surface area contributed by atoms with Gasteiger partial charge in [-0.25, -0.2) is 4.98 Å². The van der Waals surface area contributed by atoms with Crippen LogP contribution < -0.4 is 19.1 Å². The number of carbonyl (C=O) groups excluding carboxylic acids is 2. The van der Waals surface area contributed by atoms with Gasteiger partial charge in [0.15, 0.2) is 16.6 Å². The number of amides is 1. The number of hydrogen-bond donors (Lipinski definition) is 1. The van der Waals surface area contributed by atoms with Crippen molar-refractivity contribution in [3.63, 3.8) is 0 Å². The molecule has 0 radical (unpaired) electrons. The molecule has 10 heteroatoms. The lowest BCUT2D eigenvalue weighted by molar-refractivity contribution is -0.132. The normalized spacial score (nSPS) is 16.7. The van der Waals surface area contributed by atoms with Crippen molar-refractivity contribution >= 4 is 55.7 Å². The van der Waals surface area contributed by atoms with Gasteiger partial charge >= 0.3 is 5.91 Å². The van der Waals surface area contributed by atoms with Crippen LogP contribution in [0, 0.1) is 13.8 Å². The minimum atomic E-state index is -1.03. The van der Waals surface area contributed by atoms with Gasteiger partial charge < -0.3 is 19.3 Å². The number of methoxy groups -OCH3 is 3. The summed E-state index contributed by atoms with van der Waals surface area (Å²) >= 11 is 7.34. The van der Waals surface area contributed by atoms with Crippen molar-refractivity contribution in [2.24, 2.45) is 0 Å². The second kappa shape index (κ2) is 10.2. The number of aliphatic hydroxyl groups is 1. The number of ketones is 1. The zero-order chi connectivity index (χ0) is 28.0. The maximum absolute atomic E-state index is 13.6. The fourth-order valence-corrected chi connectivity index (χ4v) is 6.12. The third kappa shape index (κ3) is 4.47. The number of nitrogens with zero attached hydrogens (tertiary/aromatic N) is 2. The summed E-state index contributed by atoms with van der Waals surface area (Å²) in [6.45, 7) is 3.93. The van der Waals surface area contributed by atoms with Crippen LogP contribution in [0.25, 0.3) is 16.0 Å². The highest BCUT2D eigenvalue weighted by Gasteiger charge is 2.48. The predicted octanol–water partition coefficient (Wildman–Crippen LogP) is 6.22. The van der Waals surface area contributed by atoms with E-state index < -0.39 is 17.7 Å². The standard InChI is InChI=1S/C29H25ClN2O6S/c1-14-10-15(2)23-21(11-14)39-29(31-23)32-24(17-12-19(36-3)27(38-5)20(13-17)37-4)22(26(34)28(32)35)25(33)16-6-8-18(30)9-7-16/h6-13,24,33H,1-5H3/b25-22+/t24-/m0/s1. The number of aryl methyl sites for hydroxylation is 2. The highest BCUT2D eigenvalue weighted by atomic mass is 35.5. The Morgan fingerprint density at radius 1 is 0.974 bits per heavy atom. The Labute approximate surface area is 234 Å². The van der Waals surface area contributed by atoms with Crippen molar-refractivity contribution in [1.82, 2.24) is 4.98 Å². The van der Waals surface area contributed by atoms with Crippen molar-refractivity contribution in [3.05, 3.63) is 81.4 Å². The minimum Gasteiger partial charge on any atom is -0.507 e. The fraction of sp³-hybridized carbons (Fsp3) is 0.207. The van der Waals surface area contributed by atoms with Gasteiger partial charge in [0.1, 0.15) is 5.76 Å². The first-order valence-electron chi connectivity index (χ1n) is 11.9. The van der Waals surface area contributed by atoms with Crippen LogP contribution in [-0.2, 0) is 9.59 Å². The number of aromatic nitrogens is 1. The fourth-order valence-electron chi connectivity index (χ4n) is 4.83. The third-order valence-corrected chi connectivity index (χ3v) is 7.84. The predicted molar refractivity (Wildman–Crippen MR) is 151 cm³/mol. The van der Waals surface area contributed by atoms with Crippen LogP contribution in [0.15, 0.2) is 54.1 Å². The number of rotatable bonds is 6. The average Bonchev–Trinajstić information content (AvgIpc) is 3.46. The number of benzene rings is 3. The summed E-state index contributed by atoms with van der Waals surface area (Å²) in [6.07, 6.45) is 0. The van der Waals surface area contributed by atoms with Crippen LogP contribution in [-0.4, -0.2) is 43.1 Å². The maximum atomic E-state index is 13.6. The zero-order valence-corrected chi connectivity index (χ0v) is 23.4. The van der Waals surface area contributed by atoms with Gasteiger partial charge in [-0.2, -0.15) is 0 Å². The number of aliphatic hydroxyl groups excluding tert-OH is 1. The first kappa shape index (κ1) is 26.5. The van der Waals surface area contributed by atoms with Crippen molar-refractivity contribution in [2.75, 3.05) is 26.2 Å². The van der Waals surface area contributed by atoms with Crippen LogP contribution in [0.4, 0.5) is 5.13 Å². The first-order chi connectivity index (χ1) is 18.7. The number of thiazole rings is 1. The highest BCUT2D eigenvalue weighted by Crippen LogP contribution is 2.48. The van der Waals surface area contributed by atoms with E-state index in [1.165, 1.54) is 37.6 Å². The van der Waals surface area contributed by atoms with Gasteiger partial charge in [0.25, 0.3) is 5.78 Å². The van der Waals surface area contributed by atoms with E-state index in [-0.39, 0.29) is 11.3 Å². The van der Waals surface area contributed by atoms with Gasteiger partial charge in [-0.15, -0.1) is 0 Å². The zero-order valence-electron chi connectivity index (χ0n) is 21.9. The Kier molecular flexibility index (Phi) is 6.96. The largest absolute Gasteiger partial charge is 0.507 e. The van der Waals surface area contributed by atoms with Crippen LogP contribution in [0.3, 0.4) is 0 Å². The maximum Gasteiger partial charge on any atom is 0.301 e. The summed E-state index contributed by atoms with van der Waals surface area (Å²) in [5.74, 6) is -0.964. The molecule has 1 fully saturated rings. The van der Waals surface area contributed by atoms with Crippen molar-refractivity contribution in [1.29, 1.82) is 0 Å². The molecule has 1 atom stereocenters. The molecule has 0 aliphatic carbocycles. The summed E-state index contributed by atoms with van der Waals surface area (Å²) < 4.78 is 17.4. The van der Waals surface area contributed by atoms with Crippen LogP contribution in [0.1, 0.15) is 28.3 Å². The summed E-state index contributed by atoms with van der Waals surface area (Å²) in [5.41, 5.74) is 3.46. The Morgan fingerprint density at radius 3 is 2.21 bits per heavy atom. The van der Waals surface area contributed by atoms with E-state index >= 15 is 0 Å². The molecule has 1 aliphatic heterocycles. The highest BCUT2D eigenvalue weighted by molar-refractivity contribution is 7.22. The molecular weight excluding hydrogens is 540 g/mol. The second-order valence-corrected chi connectivity index (χ2v) is 10.5. The van der Waals surface area contributed by atoms with Crippen molar-refractivity contribution in [2.45, 2.75) is 19.9 Å². The third-order valence-electron chi connectivity index (χ3n) is 6.59. The van der Waals surface area contributed by atoms with Crippen molar-refractivity contribution in [3.8, 4) is 17.2 Å². The molecule has 1 amide bonds. The summed E-state index contributed by atoms with van der Waals surface area (Å²) in [4.78, 5) is 33.3. The van der Waals surface area contributed by atoms with Crippen molar-refractivity contribution < 1.29 is 28.9 Å². The van der Waals surface area contributed by atoms with Crippen LogP contribution in [0.5, 0.6) is 17.2 Å². The summed E-state index contributed by atoms with van der Waals surface area (Å²) in [7, 11) is 4.44. The lowest BCUT2D eigenvalue weighted by atomic mass is 9.95. The Hall–Kier alpha value is -4.08. The van der Waals surface area contributed by atoms with Crippen LogP contribution >= 0.6 is 22.9 Å². The molecule has 0 unspecified atom stereocenters. The molecule has 0 bridgehead atoms. The SMILES string of the molecule is COc1cc([C@H]2/C(=C(\O)c3ccc(Cl)cc3)C(=O)C(=O)N2c2nc3c(C)cc(C)cc3s2)cc(OC)c1OC. The molecular formula is C29H25ClN2O6S. The average molecular weight is 565 g/mol. The summed E-state index contributed by atoms with van der Waals surface area (Å²) in [6, 6.07) is 12.6. The van der Waals surface area contributed by atoms with Crippen LogP contribution in [0.2, 0.25) is 5.02 Å². The number of ether oxygens (including phenoxy) is 3. The van der Waals surface area contributed by atoms with E-state index in [9.17, 15) is 14.7 Å². The molecule has 1 N–H and O–H groups in total. The number of hydrogen-bond acceptors (Lipinski definition) is 8. The molecule has 0 spiro atoms. The molecule has 4 aromatic rings. The van der Waals surface area contributed by atoms with Gasteiger partial charge in [-0.1, -0.05) is 29.0 Å². The molecule has 8 nitrogen and oxygen atoms in total. The number of fused-ring (bicyclic) bond motifs is 1. The van der Waals surface area contributed by atoms with Gasteiger partial charge in [-0.3, -0.25) is 14.5 Å². The topological polar surface area (TPSA) is 98.2 Å². The number of Topliss-reactive ketones (excluding diaryl/α,β-unsaturated/α-hetero) is 1. The molecule has 1 aliphatic rings. The van der Waals surface area contributed by atoms with Gasteiger partial charge in [0.05, 0.1) is 43.2 Å². The summed E-state index contributed by atoms with van der Waals surface area (Å²) in [5, 5.41) is 12.2. The van der Waals surface area contributed by atoms with E-state index in [0.717, 1.165) is 21.3 Å². The Balaban J connectivity index is 1.80. The Morgan fingerprint density at radius 2 is 1.62 bits per heavy atom.